The Morgan fingerprint density at radius 3 is 2.80 bits per heavy atom. The Hall–Kier alpha value is -0.820. The van der Waals surface area contributed by atoms with E-state index in [1.165, 1.54) is 37.2 Å². The molecule has 0 amide bonds. The summed E-state index contributed by atoms with van der Waals surface area (Å²) >= 11 is 1.80. The standard InChI is InChI=1S/C17H25NOS/c1-3-17(2)7-9-18(10-8-17)13-16-12-15(14-20-16)6-4-5-11-19/h12,14,19H,3,5,7-11,13H2,1-2H3. The van der Waals surface area contributed by atoms with Crippen molar-refractivity contribution in [3.8, 4) is 11.8 Å². The minimum Gasteiger partial charge on any atom is -0.395 e. The zero-order chi connectivity index (χ0) is 14.4. The summed E-state index contributed by atoms with van der Waals surface area (Å²) in [5, 5.41) is 10.8. The van der Waals surface area contributed by atoms with Crippen LogP contribution in [-0.4, -0.2) is 29.7 Å². The van der Waals surface area contributed by atoms with Gasteiger partial charge in [-0.15, -0.1) is 11.3 Å². The van der Waals surface area contributed by atoms with Crippen LogP contribution in [0.15, 0.2) is 11.4 Å². The quantitative estimate of drug-likeness (QED) is 0.858. The van der Waals surface area contributed by atoms with E-state index in [0.717, 1.165) is 12.1 Å². The molecule has 1 aromatic rings. The van der Waals surface area contributed by atoms with Gasteiger partial charge in [0, 0.05) is 28.8 Å². The highest BCUT2D eigenvalue weighted by atomic mass is 32.1. The summed E-state index contributed by atoms with van der Waals surface area (Å²) in [6, 6.07) is 2.20. The van der Waals surface area contributed by atoms with E-state index < -0.39 is 0 Å². The van der Waals surface area contributed by atoms with Gasteiger partial charge in [0.05, 0.1) is 6.61 Å². The van der Waals surface area contributed by atoms with Gasteiger partial charge in [-0.1, -0.05) is 32.1 Å². The van der Waals surface area contributed by atoms with Crippen LogP contribution in [0.3, 0.4) is 0 Å². The van der Waals surface area contributed by atoms with E-state index in [2.05, 4.69) is 42.0 Å². The Bertz CT molecular complexity index is 475. The van der Waals surface area contributed by atoms with Crippen LogP contribution >= 0.6 is 11.3 Å². The number of piperidine rings is 1. The highest BCUT2D eigenvalue weighted by Crippen LogP contribution is 2.34. The van der Waals surface area contributed by atoms with Gasteiger partial charge >= 0.3 is 0 Å². The van der Waals surface area contributed by atoms with Crippen LogP contribution < -0.4 is 0 Å². The Kier molecular flexibility index (Phi) is 5.65. The Morgan fingerprint density at radius 1 is 1.40 bits per heavy atom. The first kappa shape index (κ1) is 15.6. The third-order valence-corrected chi connectivity index (χ3v) is 5.34. The van der Waals surface area contributed by atoms with Crippen molar-refractivity contribution in [3.63, 3.8) is 0 Å². The fourth-order valence-electron chi connectivity index (χ4n) is 2.57. The molecule has 2 rings (SSSR count). The van der Waals surface area contributed by atoms with E-state index in [0.29, 0.717) is 11.8 Å². The summed E-state index contributed by atoms with van der Waals surface area (Å²) in [5.41, 5.74) is 1.65. The average Bonchev–Trinajstić information content (AvgIpc) is 2.90. The molecule has 0 aromatic carbocycles. The van der Waals surface area contributed by atoms with E-state index in [1.807, 2.05) is 0 Å². The summed E-state index contributed by atoms with van der Waals surface area (Å²) in [6.45, 7) is 8.37. The molecule has 0 spiro atoms. The maximum absolute atomic E-state index is 8.72. The van der Waals surface area contributed by atoms with Crippen molar-refractivity contribution >= 4 is 11.3 Å². The summed E-state index contributed by atoms with van der Waals surface area (Å²) in [6.07, 6.45) is 4.49. The van der Waals surface area contributed by atoms with Crippen molar-refractivity contribution in [1.82, 2.24) is 4.90 Å². The second-order valence-electron chi connectivity index (χ2n) is 6.02. The SMILES string of the molecule is CCC1(C)CCN(Cc2cc(C#CCCO)cs2)CC1. The van der Waals surface area contributed by atoms with E-state index >= 15 is 0 Å². The van der Waals surface area contributed by atoms with Crippen LogP contribution in [0.25, 0.3) is 0 Å². The largest absolute Gasteiger partial charge is 0.395 e. The normalized spacial score (nSPS) is 18.6. The highest BCUT2D eigenvalue weighted by Gasteiger charge is 2.28. The van der Waals surface area contributed by atoms with Crippen molar-refractivity contribution < 1.29 is 5.11 Å². The molecule has 2 nitrogen and oxygen atoms in total. The van der Waals surface area contributed by atoms with Gasteiger partial charge in [0.2, 0.25) is 0 Å². The second kappa shape index (κ2) is 7.26. The van der Waals surface area contributed by atoms with E-state index in [4.69, 9.17) is 5.11 Å². The third kappa shape index (κ3) is 4.34. The Labute approximate surface area is 126 Å². The molecule has 3 heteroatoms. The first-order valence-corrected chi connectivity index (χ1v) is 8.43. The zero-order valence-electron chi connectivity index (χ0n) is 12.6. The molecule has 110 valence electrons. The molecule has 0 radical (unpaired) electrons. The van der Waals surface area contributed by atoms with Crippen LogP contribution in [0.5, 0.6) is 0 Å². The lowest BCUT2D eigenvalue weighted by molar-refractivity contribution is 0.110. The first-order chi connectivity index (χ1) is 9.65. The molecule has 0 saturated carbocycles. The minimum absolute atomic E-state index is 0.147. The van der Waals surface area contributed by atoms with Gasteiger partial charge in [-0.25, -0.2) is 0 Å². The van der Waals surface area contributed by atoms with Crippen molar-refractivity contribution in [2.45, 2.75) is 46.1 Å². The van der Waals surface area contributed by atoms with Crippen LogP contribution in [0.2, 0.25) is 0 Å². The van der Waals surface area contributed by atoms with E-state index in [1.54, 1.807) is 11.3 Å². The molecule has 0 aliphatic carbocycles. The van der Waals surface area contributed by atoms with Crippen molar-refractivity contribution in [2.24, 2.45) is 5.41 Å². The second-order valence-corrected chi connectivity index (χ2v) is 7.01. The van der Waals surface area contributed by atoms with E-state index in [-0.39, 0.29) is 6.61 Å². The van der Waals surface area contributed by atoms with Gasteiger partial charge in [0.15, 0.2) is 0 Å². The predicted molar refractivity (Wildman–Crippen MR) is 85.8 cm³/mol. The minimum atomic E-state index is 0.147. The summed E-state index contributed by atoms with van der Waals surface area (Å²) in [7, 11) is 0. The zero-order valence-corrected chi connectivity index (χ0v) is 13.4. The number of likely N-dealkylation sites (tertiary alicyclic amines) is 1. The molecule has 1 saturated heterocycles. The fraction of sp³-hybridized carbons (Fsp3) is 0.647. The summed E-state index contributed by atoms with van der Waals surface area (Å²) < 4.78 is 0. The van der Waals surface area contributed by atoms with Crippen LogP contribution in [0.4, 0.5) is 0 Å². The molecule has 0 unspecified atom stereocenters. The molecule has 0 atom stereocenters. The predicted octanol–water partition coefficient (Wildman–Crippen LogP) is 3.49. The molecule has 0 bridgehead atoms. The molecular formula is C17H25NOS. The lowest BCUT2D eigenvalue weighted by atomic mass is 9.78. The molecule has 1 N–H and O–H groups in total. The van der Waals surface area contributed by atoms with Crippen LogP contribution in [0, 0.1) is 17.3 Å². The number of thiophene rings is 1. The maximum atomic E-state index is 8.72. The number of rotatable bonds is 4. The number of aliphatic hydroxyl groups excluding tert-OH is 1. The van der Waals surface area contributed by atoms with Crippen LogP contribution in [-0.2, 0) is 6.54 Å². The molecule has 1 aliphatic heterocycles. The molecule has 1 fully saturated rings. The van der Waals surface area contributed by atoms with Crippen LogP contribution in [0.1, 0.15) is 50.0 Å². The summed E-state index contributed by atoms with van der Waals surface area (Å²) in [4.78, 5) is 3.96. The monoisotopic (exact) mass is 291 g/mol. The average molecular weight is 291 g/mol. The molecular weight excluding hydrogens is 266 g/mol. The van der Waals surface area contributed by atoms with Gasteiger partial charge in [0.25, 0.3) is 0 Å². The number of nitrogens with zero attached hydrogens (tertiary/aromatic N) is 1. The topological polar surface area (TPSA) is 23.5 Å². The molecule has 1 aliphatic rings. The van der Waals surface area contributed by atoms with Gasteiger partial charge in [-0.3, -0.25) is 4.90 Å². The van der Waals surface area contributed by atoms with Crippen molar-refractivity contribution in [3.05, 3.63) is 21.9 Å². The molecule has 20 heavy (non-hydrogen) atoms. The first-order valence-electron chi connectivity index (χ1n) is 7.55. The van der Waals surface area contributed by atoms with Gasteiger partial charge in [-0.05, 0) is 37.4 Å². The van der Waals surface area contributed by atoms with E-state index in [9.17, 15) is 0 Å². The number of aliphatic hydroxyl groups is 1. The fourth-order valence-corrected chi connectivity index (χ4v) is 3.43. The Morgan fingerprint density at radius 2 is 2.15 bits per heavy atom. The van der Waals surface area contributed by atoms with Gasteiger partial charge in [-0.2, -0.15) is 0 Å². The molecule has 1 aromatic heterocycles. The van der Waals surface area contributed by atoms with Gasteiger partial charge in [0.1, 0.15) is 0 Å². The van der Waals surface area contributed by atoms with Crippen molar-refractivity contribution in [1.29, 1.82) is 0 Å². The Balaban J connectivity index is 1.85. The lowest BCUT2D eigenvalue weighted by Crippen LogP contribution is -2.37. The smallest absolute Gasteiger partial charge is 0.0540 e. The number of hydrogen-bond acceptors (Lipinski definition) is 3. The lowest BCUT2D eigenvalue weighted by Gasteiger charge is -2.38. The van der Waals surface area contributed by atoms with Gasteiger partial charge < -0.3 is 5.11 Å². The highest BCUT2D eigenvalue weighted by molar-refractivity contribution is 7.10. The van der Waals surface area contributed by atoms with Crippen molar-refractivity contribution in [2.75, 3.05) is 19.7 Å². The number of hydrogen-bond donors (Lipinski definition) is 1. The summed E-state index contributed by atoms with van der Waals surface area (Å²) in [5.74, 6) is 6.09. The molecule has 2 heterocycles. The third-order valence-electron chi connectivity index (χ3n) is 4.42. The maximum Gasteiger partial charge on any atom is 0.0540 e.